The number of nitrogens with one attached hydrogen (secondary N) is 2. The summed E-state index contributed by atoms with van der Waals surface area (Å²) in [4.78, 5) is 20.3. The Morgan fingerprint density at radius 1 is 1.03 bits per heavy atom. The smallest absolute Gasteiger partial charge is 0.253 e. The summed E-state index contributed by atoms with van der Waals surface area (Å²) in [6, 6.07) is 17.9. The van der Waals surface area contributed by atoms with E-state index in [1.807, 2.05) is 49.4 Å². The summed E-state index contributed by atoms with van der Waals surface area (Å²) in [6.45, 7) is 11.9. The fourth-order valence-electron chi connectivity index (χ4n) is 3.96. The second kappa shape index (κ2) is 13.1. The molecular weight excluding hydrogens is 444 g/mol. The molecule has 1 aromatic heterocycles. The first kappa shape index (κ1) is 25.7. The molecule has 0 saturated carbocycles. The van der Waals surface area contributed by atoms with Crippen LogP contribution in [0.15, 0.2) is 59.4 Å². The van der Waals surface area contributed by atoms with Crippen molar-refractivity contribution in [3.63, 3.8) is 0 Å². The largest absolute Gasteiger partial charge is 0.494 e. The highest BCUT2D eigenvalue weighted by Gasteiger charge is 2.14. The van der Waals surface area contributed by atoms with Gasteiger partial charge in [0.15, 0.2) is 5.11 Å². The van der Waals surface area contributed by atoms with Crippen LogP contribution in [0.1, 0.15) is 38.3 Å². The van der Waals surface area contributed by atoms with Crippen molar-refractivity contribution in [2.75, 3.05) is 32.8 Å². The fraction of sp³-hybridized carbons (Fsp3) is 0.407. The molecule has 0 unspecified atom stereocenters. The first-order chi connectivity index (χ1) is 16.5. The van der Waals surface area contributed by atoms with Crippen molar-refractivity contribution in [3.8, 4) is 5.75 Å². The van der Waals surface area contributed by atoms with E-state index in [0.717, 1.165) is 54.8 Å². The number of pyridine rings is 1. The maximum Gasteiger partial charge on any atom is 0.253 e. The summed E-state index contributed by atoms with van der Waals surface area (Å²) >= 11 is 5.77. The molecular formula is C27H36N4O2S. The molecule has 2 N–H and O–H groups in total. The molecule has 3 rings (SSSR count). The van der Waals surface area contributed by atoms with Gasteiger partial charge < -0.3 is 24.8 Å². The number of rotatable bonds is 12. The maximum absolute atomic E-state index is 12.9. The maximum atomic E-state index is 12.9. The number of H-pyrrole nitrogens is 1. The molecule has 0 bridgehead atoms. The summed E-state index contributed by atoms with van der Waals surface area (Å²) in [7, 11) is 0. The van der Waals surface area contributed by atoms with Gasteiger partial charge in [0.05, 0.1) is 13.2 Å². The van der Waals surface area contributed by atoms with Crippen molar-refractivity contribution >= 4 is 28.2 Å². The zero-order valence-electron chi connectivity index (χ0n) is 20.5. The van der Waals surface area contributed by atoms with Crippen LogP contribution < -0.4 is 15.6 Å². The van der Waals surface area contributed by atoms with E-state index < -0.39 is 0 Å². The highest BCUT2D eigenvalue weighted by molar-refractivity contribution is 7.80. The summed E-state index contributed by atoms with van der Waals surface area (Å²) in [5.74, 6) is 0.791. The molecule has 0 radical (unpaired) electrons. The minimum Gasteiger partial charge on any atom is -0.494 e. The second-order valence-electron chi connectivity index (χ2n) is 8.26. The van der Waals surface area contributed by atoms with Crippen LogP contribution in [0.5, 0.6) is 5.75 Å². The normalized spacial score (nSPS) is 11.1. The van der Waals surface area contributed by atoms with Crippen molar-refractivity contribution < 1.29 is 4.74 Å². The summed E-state index contributed by atoms with van der Waals surface area (Å²) in [5.41, 5.74) is 2.51. The number of benzene rings is 2. The van der Waals surface area contributed by atoms with Gasteiger partial charge in [0.2, 0.25) is 0 Å². The van der Waals surface area contributed by atoms with Gasteiger partial charge in [-0.1, -0.05) is 44.2 Å². The number of nitrogens with zero attached hydrogens (tertiary/aromatic N) is 2. The average molecular weight is 481 g/mol. The van der Waals surface area contributed by atoms with Gasteiger partial charge in [0.1, 0.15) is 5.75 Å². The molecule has 0 aliphatic carbocycles. The van der Waals surface area contributed by atoms with E-state index >= 15 is 0 Å². The highest BCUT2D eigenvalue weighted by Crippen LogP contribution is 2.20. The van der Waals surface area contributed by atoms with E-state index in [4.69, 9.17) is 17.0 Å². The molecule has 0 aliphatic heterocycles. The molecule has 3 aromatic rings. The van der Waals surface area contributed by atoms with Crippen molar-refractivity contribution in [3.05, 3.63) is 76.1 Å². The van der Waals surface area contributed by atoms with Crippen LogP contribution >= 0.6 is 12.2 Å². The van der Waals surface area contributed by atoms with E-state index in [0.29, 0.717) is 30.4 Å². The Hall–Kier alpha value is -2.90. The Morgan fingerprint density at radius 3 is 2.50 bits per heavy atom. The first-order valence-electron chi connectivity index (χ1n) is 12.1. The zero-order valence-corrected chi connectivity index (χ0v) is 21.3. The van der Waals surface area contributed by atoms with Crippen molar-refractivity contribution in [1.29, 1.82) is 0 Å². The Bertz CT molecular complexity index is 1110. The summed E-state index contributed by atoms with van der Waals surface area (Å²) in [5, 5.41) is 5.01. The third-order valence-electron chi connectivity index (χ3n) is 5.89. The summed E-state index contributed by atoms with van der Waals surface area (Å²) in [6.07, 6.45) is 1.01. The lowest BCUT2D eigenvalue weighted by Crippen LogP contribution is -2.41. The molecule has 0 aliphatic rings. The molecule has 34 heavy (non-hydrogen) atoms. The number of hydrogen-bond donors (Lipinski definition) is 2. The lowest BCUT2D eigenvalue weighted by Gasteiger charge is -2.26. The Morgan fingerprint density at radius 2 is 1.79 bits per heavy atom. The lowest BCUT2D eigenvalue weighted by molar-refractivity contribution is 0.299. The quantitative estimate of drug-likeness (QED) is 0.293. The molecule has 1 heterocycles. The van der Waals surface area contributed by atoms with Crippen LogP contribution in [-0.4, -0.2) is 52.7 Å². The Kier molecular flexibility index (Phi) is 9.91. The standard InChI is InChI=1S/C27H36N4O2S/c1-4-30(5-2)16-10-15-28-27(34)31(19-21-11-8-7-9-12-21)20-23-17-22-18-24(33-6-3)13-14-25(22)29-26(23)32/h7-9,11-14,17-18H,4-6,10,15-16,19-20H2,1-3H3,(H,28,34)(H,29,32). The number of aromatic amines is 1. The average Bonchev–Trinajstić information content (AvgIpc) is 2.85. The Labute approximate surface area is 207 Å². The topological polar surface area (TPSA) is 60.6 Å². The molecule has 0 atom stereocenters. The molecule has 182 valence electrons. The molecule has 0 fully saturated rings. The molecule has 7 heteroatoms. The van der Waals surface area contributed by atoms with E-state index in [9.17, 15) is 4.79 Å². The van der Waals surface area contributed by atoms with Gasteiger partial charge in [-0.15, -0.1) is 0 Å². The Balaban J connectivity index is 1.77. The van der Waals surface area contributed by atoms with Crippen LogP contribution in [0.25, 0.3) is 10.9 Å². The van der Waals surface area contributed by atoms with Crippen LogP contribution in [-0.2, 0) is 13.1 Å². The minimum absolute atomic E-state index is 0.0981. The van der Waals surface area contributed by atoms with E-state index in [1.54, 1.807) is 0 Å². The van der Waals surface area contributed by atoms with Crippen LogP contribution in [0, 0.1) is 0 Å². The first-order valence-corrected chi connectivity index (χ1v) is 12.5. The third kappa shape index (κ3) is 7.30. The lowest BCUT2D eigenvalue weighted by atomic mass is 10.1. The second-order valence-corrected chi connectivity index (χ2v) is 8.65. The van der Waals surface area contributed by atoms with E-state index in [-0.39, 0.29) is 5.56 Å². The van der Waals surface area contributed by atoms with Gasteiger partial charge in [-0.05, 0) is 75.0 Å². The molecule has 2 aromatic carbocycles. The van der Waals surface area contributed by atoms with Crippen LogP contribution in [0.3, 0.4) is 0 Å². The number of thiocarbonyl (C=S) groups is 1. The monoisotopic (exact) mass is 480 g/mol. The van der Waals surface area contributed by atoms with Gasteiger partial charge in [-0.25, -0.2) is 0 Å². The fourth-order valence-corrected chi connectivity index (χ4v) is 4.19. The predicted molar refractivity (Wildman–Crippen MR) is 144 cm³/mol. The summed E-state index contributed by atoms with van der Waals surface area (Å²) < 4.78 is 5.63. The number of ether oxygens (including phenoxy) is 1. The van der Waals surface area contributed by atoms with E-state index in [2.05, 4.69) is 46.1 Å². The van der Waals surface area contributed by atoms with Crippen molar-refractivity contribution in [2.24, 2.45) is 0 Å². The number of hydrogen-bond acceptors (Lipinski definition) is 4. The SMILES string of the molecule is CCOc1ccc2[nH]c(=O)c(CN(Cc3ccccc3)C(=S)NCCCN(CC)CC)cc2c1. The van der Waals surface area contributed by atoms with Gasteiger partial charge in [-0.2, -0.15) is 0 Å². The predicted octanol–water partition coefficient (Wildman–Crippen LogP) is 4.54. The highest BCUT2D eigenvalue weighted by atomic mass is 32.1. The van der Waals surface area contributed by atoms with Gasteiger partial charge >= 0.3 is 0 Å². The molecule has 6 nitrogen and oxygen atoms in total. The van der Waals surface area contributed by atoms with Crippen LogP contribution in [0.2, 0.25) is 0 Å². The minimum atomic E-state index is -0.0981. The third-order valence-corrected chi connectivity index (χ3v) is 6.29. The van der Waals surface area contributed by atoms with Gasteiger partial charge in [0, 0.05) is 29.6 Å². The molecule has 0 saturated heterocycles. The van der Waals surface area contributed by atoms with Crippen molar-refractivity contribution in [2.45, 2.75) is 40.3 Å². The number of fused-ring (bicyclic) bond motifs is 1. The molecule has 0 spiro atoms. The zero-order chi connectivity index (χ0) is 24.3. The van der Waals surface area contributed by atoms with E-state index in [1.165, 1.54) is 0 Å². The van der Waals surface area contributed by atoms with Gasteiger partial charge in [0.25, 0.3) is 5.56 Å². The van der Waals surface area contributed by atoms with Crippen molar-refractivity contribution in [1.82, 2.24) is 20.1 Å². The van der Waals surface area contributed by atoms with Gasteiger partial charge in [-0.3, -0.25) is 4.79 Å². The molecule has 0 amide bonds. The number of aromatic nitrogens is 1. The van der Waals surface area contributed by atoms with Crippen LogP contribution in [0.4, 0.5) is 0 Å².